The van der Waals surface area contributed by atoms with E-state index in [0.29, 0.717) is 19.6 Å². The van der Waals surface area contributed by atoms with Crippen LogP contribution in [0.1, 0.15) is 26.7 Å². The zero-order valence-electron chi connectivity index (χ0n) is 9.28. The first kappa shape index (κ1) is 11.8. The zero-order valence-corrected chi connectivity index (χ0v) is 9.28. The van der Waals surface area contributed by atoms with E-state index in [4.69, 9.17) is 4.74 Å². The number of carbonyl (C=O) groups excluding carboxylic acids is 2. The van der Waals surface area contributed by atoms with E-state index < -0.39 is 6.09 Å². The van der Waals surface area contributed by atoms with Gasteiger partial charge in [0.25, 0.3) is 0 Å². The maximum absolute atomic E-state index is 11.3. The molecule has 0 bridgehead atoms. The molecule has 5 heteroatoms. The Hall–Kier alpha value is -1.26. The number of nitrogens with one attached hydrogen (secondary N) is 1. The first-order valence-corrected chi connectivity index (χ1v) is 5.34. The molecular formula is C10H18N2O3. The molecule has 0 spiro atoms. The van der Waals surface area contributed by atoms with Crippen LogP contribution in [0.3, 0.4) is 0 Å². The van der Waals surface area contributed by atoms with E-state index in [-0.39, 0.29) is 11.9 Å². The maximum Gasteiger partial charge on any atom is 0.407 e. The van der Waals surface area contributed by atoms with E-state index >= 15 is 0 Å². The Morgan fingerprint density at radius 2 is 2.40 bits per heavy atom. The van der Waals surface area contributed by atoms with E-state index in [1.165, 1.54) is 0 Å². The molecule has 1 heterocycles. The number of ether oxygens (including phenoxy) is 1. The van der Waals surface area contributed by atoms with Crippen molar-refractivity contribution < 1.29 is 14.3 Å². The van der Waals surface area contributed by atoms with Gasteiger partial charge in [-0.3, -0.25) is 4.79 Å². The molecule has 0 aromatic carbocycles. The molecule has 1 aliphatic heterocycles. The van der Waals surface area contributed by atoms with E-state index in [1.807, 2.05) is 6.92 Å². The van der Waals surface area contributed by atoms with Gasteiger partial charge in [0.15, 0.2) is 0 Å². The molecule has 0 aromatic heterocycles. The van der Waals surface area contributed by atoms with Crippen LogP contribution >= 0.6 is 0 Å². The number of hydrogen-bond donors (Lipinski definition) is 1. The monoisotopic (exact) mass is 214 g/mol. The number of alkyl carbamates (subject to hydrolysis) is 1. The molecular weight excluding hydrogens is 196 g/mol. The Kier molecular flexibility index (Phi) is 4.39. The third-order valence-corrected chi connectivity index (χ3v) is 2.31. The van der Waals surface area contributed by atoms with Gasteiger partial charge in [0, 0.05) is 25.6 Å². The van der Waals surface area contributed by atoms with Crippen molar-refractivity contribution in [1.29, 1.82) is 0 Å². The van der Waals surface area contributed by atoms with Crippen LogP contribution in [0, 0.1) is 0 Å². The second kappa shape index (κ2) is 5.58. The van der Waals surface area contributed by atoms with Crippen LogP contribution in [0.5, 0.6) is 0 Å². The van der Waals surface area contributed by atoms with Crippen molar-refractivity contribution in [2.24, 2.45) is 0 Å². The van der Waals surface area contributed by atoms with Gasteiger partial charge in [-0.05, 0) is 20.3 Å². The summed E-state index contributed by atoms with van der Waals surface area (Å²) in [4.78, 5) is 24.1. The van der Waals surface area contributed by atoms with Crippen molar-refractivity contribution in [2.75, 3.05) is 19.7 Å². The van der Waals surface area contributed by atoms with Gasteiger partial charge in [0.2, 0.25) is 5.91 Å². The Bertz CT molecular complexity index is 243. The standard InChI is InChI=1S/C10H18N2O3/c1-3-15-10(14)11-8(2)7-12-6-4-5-9(12)13/h8H,3-7H2,1-2H3,(H,11,14). The van der Waals surface area contributed by atoms with Gasteiger partial charge in [0.1, 0.15) is 0 Å². The summed E-state index contributed by atoms with van der Waals surface area (Å²) < 4.78 is 4.75. The summed E-state index contributed by atoms with van der Waals surface area (Å²) in [6.45, 7) is 5.35. The lowest BCUT2D eigenvalue weighted by Gasteiger charge is -2.21. The molecule has 0 aliphatic carbocycles. The molecule has 0 saturated carbocycles. The molecule has 86 valence electrons. The lowest BCUT2D eigenvalue weighted by atomic mass is 10.3. The average Bonchev–Trinajstić information content (AvgIpc) is 2.52. The smallest absolute Gasteiger partial charge is 0.407 e. The van der Waals surface area contributed by atoms with Crippen molar-refractivity contribution in [3.8, 4) is 0 Å². The second-order valence-electron chi connectivity index (χ2n) is 3.71. The third kappa shape index (κ3) is 3.77. The van der Waals surface area contributed by atoms with Gasteiger partial charge in [-0.15, -0.1) is 0 Å². The minimum atomic E-state index is -0.420. The van der Waals surface area contributed by atoms with Crippen molar-refractivity contribution in [3.63, 3.8) is 0 Å². The highest BCUT2D eigenvalue weighted by atomic mass is 16.5. The maximum atomic E-state index is 11.3. The molecule has 1 saturated heterocycles. The summed E-state index contributed by atoms with van der Waals surface area (Å²) in [6.07, 6.45) is 1.13. The van der Waals surface area contributed by atoms with Crippen molar-refractivity contribution >= 4 is 12.0 Å². The first-order chi connectivity index (χ1) is 7.13. The van der Waals surface area contributed by atoms with E-state index in [2.05, 4.69) is 5.32 Å². The normalized spacial score (nSPS) is 17.7. The number of nitrogens with zero attached hydrogens (tertiary/aromatic N) is 1. The molecule has 1 aliphatic rings. The van der Waals surface area contributed by atoms with Crippen LogP contribution in [0.25, 0.3) is 0 Å². The van der Waals surface area contributed by atoms with Crippen molar-refractivity contribution in [2.45, 2.75) is 32.7 Å². The lowest BCUT2D eigenvalue weighted by Crippen LogP contribution is -2.42. The molecule has 0 aromatic rings. The minimum Gasteiger partial charge on any atom is -0.450 e. The molecule has 0 radical (unpaired) electrons. The lowest BCUT2D eigenvalue weighted by molar-refractivity contribution is -0.127. The average molecular weight is 214 g/mol. The molecule has 5 nitrogen and oxygen atoms in total. The largest absolute Gasteiger partial charge is 0.450 e. The Morgan fingerprint density at radius 3 is 2.93 bits per heavy atom. The fourth-order valence-corrected chi connectivity index (χ4v) is 1.65. The molecule has 15 heavy (non-hydrogen) atoms. The summed E-state index contributed by atoms with van der Waals surface area (Å²) in [5, 5.41) is 2.67. The quantitative estimate of drug-likeness (QED) is 0.751. The molecule has 1 fully saturated rings. The topological polar surface area (TPSA) is 58.6 Å². The summed E-state index contributed by atoms with van der Waals surface area (Å²) in [5.41, 5.74) is 0. The summed E-state index contributed by atoms with van der Waals surface area (Å²) in [5.74, 6) is 0.174. The van der Waals surface area contributed by atoms with Gasteiger partial charge in [-0.25, -0.2) is 4.79 Å². The molecule has 1 unspecified atom stereocenters. The van der Waals surface area contributed by atoms with Crippen LogP contribution in [-0.2, 0) is 9.53 Å². The van der Waals surface area contributed by atoms with Gasteiger partial charge < -0.3 is 15.0 Å². The number of hydrogen-bond acceptors (Lipinski definition) is 3. The van der Waals surface area contributed by atoms with Crippen molar-refractivity contribution in [3.05, 3.63) is 0 Å². The molecule has 2 amide bonds. The van der Waals surface area contributed by atoms with E-state index in [9.17, 15) is 9.59 Å². The summed E-state index contributed by atoms with van der Waals surface area (Å²) >= 11 is 0. The van der Waals surface area contributed by atoms with Crippen molar-refractivity contribution in [1.82, 2.24) is 10.2 Å². The Morgan fingerprint density at radius 1 is 1.67 bits per heavy atom. The number of amides is 2. The van der Waals surface area contributed by atoms with Gasteiger partial charge in [-0.2, -0.15) is 0 Å². The first-order valence-electron chi connectivity index (χ1n) is 5.34. The predicted octanol–water partition coefficient (Wildman–Crippen LogP) is 0.743. The van der Waals surface area contributed by atoms with Crippen LogP contribution in [0.4, 0.5) is 4.79 Å². The molecule has 1 atom stereocenters. The molecule has 1 N–H and O–H groups in total. The van der Waals surface area contributed by atoms with E-state index in [0.717, 1.165) is 13.0 Å². The Labute approximate surface area is 89.8 Å². The third-order valence-electron chi connectivity index (χ3n) is 2.31. The predicted molar refractivity (Wildman–Crippen MR) is 55.4 cm³/mol. The highest BCUT2D eigenvalue weighted by Gasteiger charge is 2.22. The van der Waals surface area contributed by atoms with Crippen LogP contribution in [0.2, 0.25) is 0 Å². The van der Waals surface area contributed by atoms with Gasteiger partial charge in [-0.1, -0.05) is 0 Å². The summed E-state index contributed by atoms with van der Waals surface area (Å²) in [6, 6.07) is -0.0638. The van der Waals surface area contributed by atoms with E-state index in [1.54, 1.807) is 11.8 Å². The zero-order chi connectivity index (χ0) is 11.3. The van der Waals surface area contributed by atoms with Gasteiger partial charge in [0.05, 0.1) is 6.61 Å². The minimum absolute atomic E-state index is 0.0638. The number of carbonyl (C=O) groups is 2. The SMILES string of the molecule is CCOC(=O)NC(C)CN1CCCC1=O. The number of rotatable bonds is 4. The fraction of sp³-hybridized carbons (Fsp3) is 0.800. The highest BCUT2D eigenvalue weighted by Crippen LogP contribution is 2.09. The van der Waals surface area contributed by atoms with Crippen LogP contribution in [0.15, 0.2) is 0 Å². The number of likely N-dealkylation sites (tertiary alicyclic amines) is 1. The fourth-order valence-electron chi connectivity index (χ4n) is 1.65. The second-order valence-corrected chi connectivity index (χ2v) is 3.71. The Balaban J connectivity index is 2.26. The molecule has 1 rings (SSSR count). The summed E-state index contributed by atoms with van der Waals surface area (Å²) in [7, 11) is 0. The van der Waals surface area contributed by atoms with Crippen LogP contribution in [-0.4, -0.2) is 42.6 Å². The van der Waals surface area contributed by atoms with Gasteiger partial charge >= 0.3 is 6.09 Å². The highest BCUT2D eigenvalue weighted by molar-refractivity contribution is 5.78. The van der Waals surface area contributed by atoms with Crippen LogP contribution < -0.4 is 5.32 Å².